The summed E-state index contributed by atoms with van der Waals surface area (Å²) < 4.78 is 40.3. The van der Waals surface area contributed by atoms with Gasteiger partial charge in [-0.25, -0.2) is 0 Å². The standard InChI is InChI=1S/C38H52O10/c1-7-9-11-13-19-23-24-25(30-37(32(47-37)27(24)41)16-22(40)35(5,6)46-30)31(44-19)38-18(17-43-20(26(23)38)14-12-10-8-2)29-36(33(48-36)28(38)42)15-21(39)34(3,4)45-29/h17,19-23,26,29-33,39-40H,7-16H2,1-6H3/t19-,20+,21+,22+,23-,26-,29+,30-,31+,32+,33+,36-,37-,38-/m1/s1. The lowest BCUT2D eigenvalue weighted by Crippen LogP contribution is -2.76. The van der Waals surface area contributed by atoms with Crippen molar-refractivity contribution in [3.63, 3.8) is 0 Å². The SMILES string of the molecule is CCCCC[C@@H]1OC=C2[C@@H]3OC(C)(C)[C@@H](O)C[C@@]34O[C@H]4C(=O)[C@]23[C@H]1[C@H]1C2=C([C@H]4OC(C)(C)[C@@H](O)C[C@@]45O[C@H]5C2=O)[C@@H]3O[C@@H]1CCCCC. The van der Waals surface area contributed by atoms with Crippen LogP contribution in [0, 0.1) is 17.3 Å². The van der Waals surface area contributed by atoms with E-state index < -0.39 is 76.5 Å². The van der Waals surface area contributed by atoms with Gasteiger partial charge in [0.2, 0.25) is 0 Å². The molecule has 0 unspecified atom stereocenters. The monoisotopic (exact) mass is 668 g/mol. The Bertz CT molecular complexity index is 1500. The van der Waals surface area contributed by atoms with E-state index in [1.54, 1.807) is 6.26 Å². The molecule has 3 aliphatic carbocycles. The van der Waals surface area contributed by atoms with Gasteiger partial charge in [-0.15, -0.1) is 0 Å². The third kappa shape index (κ3) is 3.84. The highest BCUT2D eigenvalue weighted by atomic mass is 16.7. The van der Waals surface area contributed by atoms with Gasteiger partial charge in [0, 0.05) is 35.8 Å². The smallest absolute Gasteiger partial charge is 0.191 e. The number of epoxide rings is 2. The van der Waals surface area contributed by atoms with Crippen molar-refractivity contribution in [3.8, 4) is 0 Å². The number of fused-ring (bicyclic) bond motifs is 2. The molecular weight excluding hydrogens is 616 g/mol. The first-order valence-corrected chi connectivity index (χ1v) is 18.7. The Morgan fingerprint density at radius 2 is 1.31 bits per heavy atom. The summed E-state index contributed by atoms with van der Waals surface area (Å²) in [5.74, 6) is -0.863. The molecule has 10 aliphatic rings. The van der Waals surface area contributed by atoms with Crippen LogP contribution in [-0.2, 0) is 38.0 Å². The minimum absolute atomic E-state index is 0.0488. The summed E-state index contributed by atoms with van der Waals surface area (Å²) in [5, 5.41) is 22.3. The number of ketones is 2. The van der Waals surface area contributed by atoms with Crippen molar-refractivity contribution in [2.75, 3.05) is 0 Å². The van der Waals surface area contributed by atoms with E-state index in [0.29, 0.717) is 11.1 Å². The van der Waals surface area contributed by atoms with Crippen molar-refractivity contribution in [2.24, 2.45) is 17.3 Å². The summed E-state index contributed by atoms with van der Waals surface area (Å²) in [7, 11) is 0. The van der Waals surface area contributed by atoms with Crippen molar-refractivity contribution >= 4 is 11.6 Å². The fourth-order valence-corrected chi connectivity index (χ4v) is 11.2. The molecule has 0 amide bonds. The van der Waals surface area contributed by atoms with Gasteiger partial charge in [0.15, 0.2) is 17.7 Å². The molecule has 6 fully saturated rings. The second kappa shape index (κ2) is 10.2. The lowest BCUT2D eigenvalue weighted by atomic mass is 9.43. The van der Waals surface area contributed by atoms with Crippen molar-refractivity contribution in [3.05, 3.63) is 23.0 Å². The number of aliphatic hydroxyl groups excluding tert-OH is 2. The predicted octanol–water partition coefficient (Wildman–Crippen LogP) is 4.02. The van der Waals surface area contributed by atoms with Crippen LogP contribution < -0.4 is 0 Å². The largest absolute Gasteiger partial charge is 0.498 e. The highest BCUT2D eigenvalue weighted by Crippen LogP contribution is 2.73. The number of rotatable bonds is 8. The number of ether oxygens (including phenoxy) is 6. The van der Waals surface area contributed by atoms with E-state index in [4.69, 9.17) is 28.4 Å². The van der Waals surface area contributed by atoms with Crippen molar-refractivity contribution in [1.82, 2.24) is 0 Å². The minimum atomic E-state index is -1.19. The molecule has 0 radical (unpaired) electrons. The van der Waals surface area contributed by atoms with Gasteiger partial charge in [0.25, 0.3) is 0 Å². The summed E-state index contributed by atoms with van der Waals surface area (Å²) in [6.45, 7) is 11.9. The zero-order chi connectivity index (χ0) is 33.8. The fourth-order valence-electron chi connectivity index (χ4n) is 11.2. The molecule has 3 spiro atoms. The van der Waals surface area contributed by atoms with Gasteiger partial charge in [-0.3, -0.25) is 9.59 Å². The summed E-state index contributed by atoms with van der Waals surface area (Å²) >= 11 is 0. The van der Waals surface area contributed by atoms with E-state index in [9.17, 15) is 15.0 Å². The molecule has 0 aromatic rings. The number of Topliss-reactive ketones (excluding diaryl/α,β-unsaturated/α-hetero) is 2. The van der Waals surface area contributed by atoms with Crippen molar-refractivity contribution < 1.29 is 48.2 Å². The van der Waals surface area contributed by atoms with Crippen molar-refractivity contribution in [1.29, 1.82) is 0 Å². The number of hydrogen-bond donors (Lipinski definition) is 2. The molecule has 48 heavy (non-hydrogen) atoms. The van der Waals surface area contributed by atoms with Gasteiger partial charge < -0.3 is 38.6 Å². The molecule has 0 aromatic carbocycles. The van der Waals surface area contributed by atoms with Crippen LogP contribution in [0.4, 0.5) is 0 Å². The number of carbonyl (C=O) groups excluding carboxylic acids is 2. The maximum absolute atomic E-state index is 15.4. The van der Waals surface area contributed by atoms with E-state index in [1.807, 2.05) is 27.7 Å². The van der Waals surface area contributed by atoms with Crippen LogP contribution in [0.5, 0.6) is 0 Å². The van der Waals surface area contributed by atoms with Gasteiger partial charge in [0.1, 0.15) is 35.6 Å². The van der Waals surface area contributed by atoms with Crippen LogP contribution >= 0.6 is 0 Å². The molecule has 7 heterocycles. The molecule has 10 nitrogen and oxygen atoms in total. The number of carbonyl (C=O) groups is 2. The zero-order valence-electron chi connectivity index (χ0n) is 29.2. The lowest BCUT2D eigenvalue weighted by molar-refractivity contribution is -0.246. The average Bonchev–Trinajstić information content (AvgIpc) is 3.95. The first-order valence-electron chi connectivity index (χ1n) is 18.7. The second-order valence-corrected chi connectivity index (χ2v) is 17.4. The van der Waals surface area contributed by atoms with Crippen LogP contribution in [0.1, 0.15) is 106 Å². The molecule has 10 rings (SSSR count). The summed E-state index contributed by atoms with van der Waals surface area (Å²) in [6.07, 6.45) is 4.29. The Labute approximate surface area is 282 Å². The van der Waals surface area contributed by atoms with Gasteiger partial charge in [-0.1, -0.05) is 46.0 Å². The normalized spacial score (nSPS) is 51.2. The Morgan fingerprint density at radius 3 is 1.96 bits per heavy atom. The van der Waals surface area contributed by atoms with Crippen LogP contribution in [0.25, 0.3) is 0 Å². The number of unbranched alkanes of at least 4 members (excludes halogenated alkanes) is 4. The molecule has 0 aromatic heterocycles. The van der Waals surface area contributed by atoms with Gasteiger partial charge in [-0.05, 0) is 52.5 Å². The van der Waals surface area contributed by atoms with E-state index in [2.05, 4.69) is 13.8 Å². The maximum atomic E-state index is 15.4. The molecule has 10 heteroatoms. The third-order valence-corrected chi connectivity index (χ3v) is 13.9. The van der Waals surface area contributed by atoms with E-state index in [0.717, 1.165) is 56.9 Å². The van der Waals surface area contributed by atoms with Gasteiger partial charge >= 0.3 is 0 Å². The van der Waals surface area contributed by atoms with Crippen LogP contribution in [0.3, 0.4) is 0 Å². The number of aliphatic hydroxyl groups is 2. The molecule has 1 saturated carbocycles. The Hall–Kier alpha value is -1.66. The van der Waals surface area contributed by atoms with Gasteiger partial charge in [0.05, 0.1) is 47.3 Å². The Kier molecular flexibility index (Phi) is 6.88. The number of hydrogen-bond acceptors (Lipinski definition) is 10. The Morgan fingerprint density at radius 1 is 0.729 bits per heavy atom. The lowest BCUT2D eigenvalue weighted by Gasteiger charge is -2.66. The summed E-state index contributed by atoms with van der Waals surface area (Å²) in [5.41, 5.74) is -2.75. The Balaban J connectivity index is 1.25. The van der Waals surface area contributed by atoms with Crippen LogP contribution in [0.15, 0.2) is 23.0 Å². The second-order valence-electron chi connectivity index (χ2n) is 17.4. The van der Waals surface area contributed by atoms with Crippen molar-refractivity contribution in [2.45, 2.75) is 183 Å². The van der Waals surface area contributed by atoms with E-state index in [-0.39, 0.29) is 42.5 Å². The third-order valence-electron chi connectivity index (χ3n) is 13.9. The fraction of sp³-hybridized carbons (Fsp3) is 0.842. The predicted molar refractivity (Wildman–Crippen MR) is 171 cm³/mol. The first-order chi connectivity index (χ1) is 22.8. The van der Waals surface area contributed by atoms with E-state index in [1.165, 1.54) is 0 Å². The quantitative estimate of drug-likeness (QED) is 0.288. The molecular formula is C38H52O10. The molecule has 7 aliphatic heterocycles. The van der Waals surface area contributed by atoms with Crippen LogP contribution in [-0.4, -0.2) is 99.1 Å². The van der Waals surface area contributed by atoms with Crippen LogP contribution in [0.2, 0.25) is 0 Å². The molecule has 14 atom stereocenters. The zero-order valence-corrected chi connectivity index (χ0v) is 29.2. The highest BCUT2D eigenvalue weighted by Gasteiger charge is 2.86. The highest BCUT2D eigenvalue weighted by molar-refractivity contribution is 6.07. The molecule has 264 valence electrons. The maximum Gasteiger partial charge on any atom is 0.191 e. The molecule has 2 N–H and O–H groups in total. The van der Waals surface area contributed by atoms with Gasteiger partial charge in [-0.2, -0.15) is 0 Å². The minimum Gasteiger partial charge on any atom is -0.498 e. The van der Waals surface area contributed by atoms with E-state index >= 15 is 4.79 Å². The molecule has 5 saturated heterocycles. The molecule has 2 bridgehead atoms. The first kappa shape index (κ1) is 32.3. The summed E-state index contributed by atoms with van der Waals surface area (Å²) in [4.78, 5) is 30.1. The average molecular weight is 669 g/mol. The topological polar surface area (TPSA) is 137 Å². The summed E-state index contributed by atoms with van der Waals surface area (Å²) in [6, 6.07) is 0.